The minimum Gasteiger partial charge on any atom is -0.426 e. The summed E-state index contributed by atoms with van der Waals surface area (Å²) in [5, 5.41) is 17.1. The lowest BCUT2D eigenvalue weighted by Crippen LogP contribution is -2.25. The van der Waals surface area contributed by atoms with E-state index in [1.807, 2.05) is 6.07 Å². The molecule has 5 heteroatoms. The van der Waals surface area contributed by atoms with Gasteiger partial charge in [-0.05, 0) is 61.9 Å². The number of benzene rings is 1. The summed E-state index contributed by atoms with van der Waals surface area (Å²) in [6.45, 7) is 0. The molecule has 0 spiro atoms. The molecule has 0 saturated heterocycles. The molecule has 1 saturated carbocycles. The van der Waals surface area contributed by atoms with Gasteiger partial charge in [0.05, 0.1) is 17.6 Å². The Morgan fingerprint density at radius 3 is 2.36 bits per heavy atom. The van der Waals surface area contributed by atoms with E-state index in [1.54, 1.807) is 24.3 Å². The first kappa shape index (κ1) is 15.7. The zero-order chi connectivity index (χ0) is 15.9. The maximum Gasteiger partial charge on any atom is 0.314 e. The molecule has 1 aromatic rings. The fourth-order valence-corrected chi connectivity index (χ4v) is 2.56. The van der Waals surface area contributed by atoms with Crippen molar-refractivity contribution in [2.24, 2.45) is 11.8 Å². The highest BCUT2D eigenvalue weighted by molar-refractivity contribution is 5.75. The highest BCUT2D eigenvalue weighted by Gasteiger charge is 2.27. The van der Waals surface area contributed by atoms with Gasteiger partial charge in [0.1, 0.15) is 11.8 Å². The van der Waals surface area contributed by atoms with Gasteiger partial charge in [0.25, 0.3) is 0 Å². The van der Waals surface area contributed by atoms with E-state index >= 15 is 0 Å². The minimum atomic E-state index is -0.761. The van der Waals surface area contributed by atoms with E-state index in [4.69, 9.17) is 15.3 Å². The average Bonchev–Trinajstić information content (AvgIpc) is 2.56. The van der Waals surface area contributed by atoms with Crippen LogP contribution >= 0.6 is 0 Å². The molecule has 1 aromatic carbocycles. The Labute approximate surface area is 128 Å². The SMILES string of the molecule is N#CC(F)=CC1CCC(C(=O)Oc2ccc(C#N)cc2)CC1. The summed E-state index contributed by atoms with van der Waals surface area (Å²) in [6.07, 6.45) is 3.91. The second kappa shape index (κ2) is 7.38. The highest BCUT2D eigenvalue weighted by atomic mass is 19.1. The van der Waals surface area contributed by atoms with Crippen LogP contribution in [0.15, 0.2) is 36.2 Å². The van der Waals surface area contributed by atoms with Crippen molar-refractivity contribution in [3.63, 3.8) is 0 Å². The number of allylic oxidation sites excluding steroid dienone is 2. The number of esters is 1. The molecule has 0 unspecified atom stereocenters. The van der Waals surface area contributed by atoms with Gasteiger partial charge in [-0.25, -0.2) is 0 Å². The Kier molecular flexibility index (Phi) is 5.27. The number of hydrogen-bond donors (Lipinski definition) is 0. The van der Waals surface area contributed by atoms with Crippen LogP contribution in [-0.2, 0) is 4.79 Å². The topological polar surface area (TPSA) is 73.9 Å². The van der Waals surface area contributed by atoms with Crippen LogP contribution in [0.1, 0.15) is 31.2 Å². The third-order valence-corrected chi connectivity index (χ3v) is 3.80. The Morgan fingerprint density at radius 2 is 1.82 bits per heavy atom. The van der Waals surface area contributed by atoms with Crippen LogP contribution in [0, 0.1) is 34.5 Å². The fraction of sp³-hybridized carbons (Fsp3) is 0.353. The molecular formula is C17H15FN2O2. The zero-order valence-corrected chi connectivity index (χ0v) is 12.0. The number of nitriles is 2. The largest absolute Gasteiger partial charge is 0.426 e. The molecular weight excluding hydrogens is 283 g/mol. The van der Waals surface area contributed by atoms with Gasteiger partial charge >= 0.3 is 5.97 Å². The molecule has 0 aliphatic heterocycles. The summed E-state index contributed by atoms with van der Waals surface area (Å²) in [5.41, 5.74) is 0.506. The van der Waals surface area contributed by atoms with Gasteiger partial charge in [-0.3, -0.25) is 4.79 Å². The molecule has 0 radical (unpaired) electrons. The molecule has 0 atom stereocenters. The van der Waals surface area contributed by atoms with E-state index in [9.17, 15) is 9.18 Å². The molecule has 0 amide bonds. The number of nitrogens with zero attached hydrogens (tertiary/aromatic N) is 2. The van der Waals surface area contributed by atoms with Crippen LogP contribution in [0.25, 0.3) is 0 Å². The highest BCUT2D eigenvalue weighted by Crippen LogP contribution is 2.31. The first-order chi connectivity index (χ1) is 10.6. The van der Waals surface area contributed by atoms with Crippen molar-refractivity contribution in [3.05, 3.63) is 41.7 Å². The van der Waals surface area contributed by atoms with Crippen LogP contribution < -0.4 is 4.74 Å². The molecule has 4 nitrogen and oxygen atoms in total. The number of halogens is 1. The molecule has 1 fully saturated rings. The van der Waals surface area contributed by atoms with Gasteiger partial charge in [0.15, 0.2) is 5.83 Å². The van der Waals surface area contributed by atoms with Gasteiger partial charge in [-0.2, -0.15) is 14.9 Å². The lowest BCUT2D eigenvalue weighted by molar-refractivity contribution is -0.140. The van der Waals surface area contributed by atoms with Crippen LogP contribution in [0.5, 0.6) is 5.75 Å². The molecule has 1 aliphatic rings. The summed E-state index contributed by atoms with van der Waals surface area (Å²) >= 11 is 0. The van der Waals surface area contributed by atoms with Gasteiger partial charge < -0.3 is 4.74 Å². The standard InChI is InChI=1S/C17H15FN2O2/c18-15(11-20)9-12-1-5-14(6-2-12)17(21)22-16-7-3-13(10-19)4-8-16/h3-4,7-9,12,14H,1-2,5-6H2. The first-order valence-electron chi connectivity index (χ1n) is 7.11. The van der Waals surface area contributed by atoms with Crippen molar-refractivity contribution in [3.8, 4) is 17.9 Å². The minimum absolute atomic E-state index is 0.0126. The number of hydrogen-bond acceptors (Lipinski definition) is 4. The van der Waals surface area contributed by atoms with Gasteiger partial charge in [0, 0.05) is 0 Å². The molecule has 0 bridgehead atoms. The summed E-state index contributed by atoms with van der Waals surface area (Å²) in [6, 6.07) is 9.83. The molecule has 0 N–H and O–H groups in total. The monoisotopic (exact) mass is 298 g/mol. The number of carbonyl (C=O) groups excluding carboxylic acids is 1. The Morgan fingerprint density at radius 1 is 1.18 bits per heavy atom. The van der Waals surface area contributed by atoms with Crippen molar-refractivity contribution in [1.29, 1.82) is 10.5 Å². The molecule has 0 heterocycles. The lowest BCUT2D eigenvalue weighted by Gasteiger charge is -2.25. The van der Waals surface area contributed by atoms with E-state index in [-0.39, 0.29) is 17.8 Å². The Bertz CT molecular complexity index is 645. The Hall–Kier alpha value is -2.66. The second-order valence-electron chi connectivity index (χ2n) is 5.30. The zero-order valence-electron chi connectivity index (χ0n) is 12.0. The van der Waals surface area contributed by atoms with Gasteiger partial charge in [0.2, 0.25) is 0 Å². The summed E-state index contributed by atoms with van der Waals surface area (Å²) in [5.74, 6) is -0.831. The van der Waals surface area contributed by atoms with Crippen LogP contribution in [-0.4, -0.2) is 5.97 Å². The summed E-state index contributed by atoms with van der Waals surface area (Å²) < 4.78 is 18.2. The van der Waals surface area contributed by atoms with E-state index in [0.717, 1.165) is 0 Å². The molecule has 22 heavy (non-hydrogen) atoms. The van der Waals surface area contributed by atoms with Crippen molar-refractivity contribution in [1.82, 2.24) is 0 Å². The van der Waals surface area contributed by atoms with Crippen LogP contribution in [0.3, 0.4) is 0 Å². The van der Waals surface area contributed by atoms with Gasteiger partial charge in [-0.15, -0.1) is 0 Å². The van der Waals surface area contributed by atoms with E-state index < -0.39 is 5.83 Å². The maximum absolute atomic E-state index is 12.9. The molecule has 0 aromatic heterocycles. The second-order valence-corrected chi connectivity index (χ2v) is 5.30. The first-order valence-corrected chi connectivity index (χ1v) is 7.11. The van der Waals surface area contributed by atoms with E-state index in [1.165, 1.54) is 12.1 Å². The molecule has 112 valence electrons. The van der Waals surface area contributed by atoms with Crippen molar-refractivity contribution in [2.75, 3.05) is 0 Å². The van der Waals surface area contributed by atoms with Crippen LogP contribution in [0.2, 0.25) is 0 Å². The smallest absolute Gasteiger partial charge is 0.314 e. The fourth-order valence-electron chi connectivity index (χ4n) is 2.56. The maximum atomic E-state index is 12.9. The van der Waals surface area contributed by atoms with Crippen molar-refractivity contribution in [2.45, 2.75) is 25.7 Å². The predicted molar refractivity (Wildman–Crippen MR) is 77.0 cm³/mol. The van der Waals surface area contributed by atoms with E-state index in [0.29, 0.717) is 37.0 Å². The number of ether oxygens (including phenoxy) is 1. The summed E-state index contributed by atoms with van der Waals surface area (Å²) in [7, 11) is 0. The molecule has 2 rings (SSSR count). The normalized spacial score (nSPS) is 21.5. The third kappa shape index (κ3) is 4.17. The van der Waals surface area contributed by atoms with Crippen molar-refractivity contribution < 1.29 is 13.9 Å². The predicted octanol–water partition coefficient (Wildman–Crippen LogP) is 3.65. The molecule has 1 aliphatic carbocycles. The van der Waals surface area contributed by atoms with Crippen LogP contribution in [0.4, 0.5) is 4.39 Å². The number of rotatable bonds is 3. The number of carbonyl (C=O) groups is 1. The van der Waals surface area contributed by atoms with Crippen molar-refractivity contribution >= 4 is 5.97 Å². The quantitative estimate of drug-likeness (QED) is 0.485. The van der Waals surface area contributed by atoms with E-state index in [2.05, 4.69) is 0 Å². The average molecular weight is 298 g/mol. The lowest BCUT2D eigenvalue weighted by atomic mass is 9.82. The summed E-state index contributed by atoms with van der Waals surface area (Å²) in [4.78, 5) is 12.1. The third-order valence-electron chi connectivity index (χ3n) is 3.80. The Balaban J connectivity index is 1.87. The van der Waals surface area contributed by atoms with Gasteiger partial charge in [-0.1, -0.05) is 0 Å².